The van der Waals surface area contributed by atoms with Crippen LogP contribution in [0.4, 0.5) is 0 Å². The van der Waals surface area contributed by atoms with E-state index in [0.29, 0.717) is 0 Å². The lowest BCUT2D eigenvalue weighted by molar-refractivity contribution is 0.338. The molecule has 0 N–H and O–H groups in total. The molecule has 2 aromatic rings. The Bertz CT molecular complexity index is 591. The summed E-state index contributed by atoms with van der Waals surface area (Å²) in [5.41, 5.74) is 5.03. The highest BCUT2D eigenvalue weighted by Crippen LogP contribution is 2.43. The lowest BCUT2D eigenvalue weighted by atomic mass is 9.69. The van der Waals surface area contributed by atoms with Crippen LogP contribution in [0, 0.1) is 5.92 Å². The van der Waals surface area contributed by atoms with E-state index < -0.39 is 0 Å². The standard InChI is InChI=1S/C18H22N2.ClH/c1-3-15-4-2-6-17-12-14(11-16(5-1)18(15)17)7-9-20-10-8-19-13-20;/h1,3,5,8,10,13-14,17H,2,4,6-7,9,11-12H2;1H. The summed E-state index contributed by atoms with van der Waals surface area (Å²) >= 11 is 0. The van der Waals surface area contributed by atoms with E-state index in [-0.39, 0.29) is 12.4 Å². The van der Waals surface area contributed by atoms with Crippen molar-refractivity contribution in [2.24, 2.45) is 5.92 Å². The molecule has 2 aliphatic rings. The fourth-order valence-electron chi connectivity index (χ4n) is 4.27. The van der Waals surface area contributed by atoms with Crippen LogP contribution in [0.25, 0.3) is 0 Å². The molecule has 1 heterocycles. The van der Waals surface area contributed by atoms with Crippen molar-refractivity contribution < 1.29 is 0 Å². The van der Waals surface area contributed by atoms with Crippen LogP contribution in [0.5, 0.6) is 0 Å². The average Bonchev–Trinajstić information content (AvgIpc) is 2.99. The van der Waals surface area contributed by atoms with Crippen LogP contribution in [0.1, 0.15) is 48.3 Å². The Morgan fingerprint density at radius 2 is 2.14 bits per heavy atom. The Kier molecular flexibility index (Phi) is 4.34. The van der Waals surface area contributed by atoms with Crippen molar-refractivity contribution in [3.8, 4) is 0 Å². The third kappa shape index (κ3) is 2.87. The van der Waals surface area contributed by atoms with Gasteiger partial charge in [-0.15, -0.1) is 12.4 Å². The van der Waals surface area contributed by atoms with Gasteiger partial charge in [-0.3, -0.25) is 0 Å². The largest absolute Gasteiger partial charge is 0.337 e. The first-order valence-corrected chi connectivity index (χ1v) is 7.96. The quantitative estimate of drug-likeness (QED) is 0.823. The molecule has 0 spiro atoms. The molecule has 0 saturated heterocycles. The Hall–Kier alpha value is -1.28. The highest BCUT2D eigenvalue weighted by atomic mass is 35.5. The summed E-state index contributed by atoms with van der Waals surface area (Å²) in [6, 6.07) is 7.01. The van der Waals surface area contributed by atoms with Crippen molar-refractivity contribution in [1.29, 1.82) is 0 Å². The third-order valence-corrected chi connectivity index (χ3v) is 5.17. The minimum atomic E-state index is 0. The second-order valence-electron chi connectivity index (χ2n) is 6.47. The summed E-state index contributed by atoms with van der Waals surface area (Å²) in [6.07, 6.45) is 14.0. The summed E-state index contributed by atoms with van der Waals surface area (Å²) < 4.78 is 2.22. The van der Waals surface area contributed by atoms with Crippen LogP contribution < -0.4 is 0 Å². The zero-order chi connectivity index (χ0) is 13.4. The van der Waals surface area contributed by atoms with E-state index in [2.05, 4.69) is 33.9 Å². The SMILES string of the molecule is Cl.c1cc2c3c(c1)CC(CCn1ccnc1)CC3CCC2. The number of benzene rings is 1. The van der Waals surface area contributed by atoms with Gasteiger partial charge in [0.1, 0.15) is 0 Å². The van der Waals surface area contributed by atoms with Gasteiger partial charge in [-0.05, 0) is 67.1 Å². The number of halogens is 1. The molecule has 0 saturated carbocycles. The molecular formula is C18H23ClN2. The molecule has 1 aromatic heterocycles. The van der Waals surface area contributed by atoms with Gasteiger partial charge in [0.15, 0.2) is 0 Å². The van der Waals surface area contributed by atoms with Crippen molar-refractivity contribution in [2.45, 2.75) is 51.0 Å². The third-order valence-electron chi connectivity index (χ3n) is 5.17. The van der Waals surface area contributed by atoms with Gasteiger partial charge in [-0.25, -0.2) is 4.98 Å². The average molecular weight is 303 g/mol. The predicted octanol–water partition coefficient (Wildman–Crippen LogP) is 4.38. The highest BCUT2D eigenvalue weighted by molar-refractivity contribution is 5.85. The Labute approximate surface area is 133 Å². The van der Waals surface area contributed by atoms with Crippen LogP contribution in [0.2, 0.25) is 0 Å². The lowest BCUT2D eigenvalue weighted by Crippen LogP contribution is -2.24. The van der Waals surface area contributed by atoms with Gasteiger partial charge >= 0.3 is 0 Å². The van der Waals surface area contributed by atoms with Crippen molar-refractivity contribution in [3.05, 3.63) is 53.6 Å². The number of hydrogen-bond donors (Lipinski definition) is 0. The molecule has 0 aliphatic heterocycles. The molecule has 21 heavy (non-hydrogen) atoms. The first-order valence-electron chi connectivity index (χ1n) is 7.96. The monoisotopic (exact) mass is 302 g/mol. The molecule has 112 valence electrons. The summed E-state index contributed by atoms with van der Waals surface area (Å²) in [6.45, 7) is 1.12. The van der Waals surface area contributed by atoms with Crippen molar-refractivity contribution in [3.63, 3.8) is 0 Å². The Balaban J connectivity index is 0.00000132. The number of hydrogen-bond acceptors (Lipinski definition) is 1. The van der Waals surface area contributed by atoms with Crippen LogP contribution in [-0.4, -0.2) is 9.55 Å². The molecule has 2 nitrogen and oxygen atoms in total. The van der Waals surface area contributed by atoms with Gasteiger partial charge in [0.25, 0.3) is 0 Å². The molecule has 2 aliphatic carbocycles. The smallest absolute Gasteiger partial charge is 0.0945 e. The molecule has 2 atom stereocenters. The lowest BCUT2D eigenvalue weighted by Gasteiger charge is -2.36. The summed E-state index contributed by atoms with van der Waals surface area (Å²) in [5.74, 6) is 1.69. The first-order chi connectivity index (χ1) is 9.90. The Morgan fingerprint density at radius 3 is 3.00 bits per heavy atom. The van der Waals surface area contributed by atoms with E-state index >= 15 is 0 Å². The molecule has 0 radical (unpaired) electrons. The minimum absolute atomic E-state index is 0. The molecular weight excluding hydrogens is 280 g/mol. The van der Waals surface area contributed by atoms with E-state index in [9.17, 15) is 0 Å². The number of nitrogens with zero attached hydrogens (tertiary/aromatic N) is 2. The normalized spacial score (nSPS) is 23.2. The molecule has 2 unspecified atom stereocenters. The highest BCUT2D eigenvalue weighted by Gasteiger charge is 2.30. The van der Waals surface area contributed by atoms with Crippen LogP contribution in [-0.2, 0) is 19.4 Å². The number of rotatable bonds is 3. The molecule has 4 rings (SSSR count). The second-order valence-corrected chi connectivity index (χ2v) is 6.47. The van der Waals surface area contributed by atoms with E-state index in [1.165, 1.54) is 38.5 Å². The van der Waals surface area contributed by atoms with Gasteiger partial charge in [0.2, 0.25) is 0 Å². The number of imidazole rings is 1. The van der Waals surface area contributed by atoms with Gasteiger partial charge < -0.3 is 4.57 Å². The topological polar surface area (TPSA) is 17.8 Å². The summed E-state index contributed by atoms with van der Waals surface area (Å²) in [5, 5.41) is 0. The maximum absolute atomic E-state index is 4.14. The van der Waals surface area contributed by atoms with E-state index in [1.54, 1.807) is 16.7 Å². The zero-order valence-electron chi connectivity index (χ0n) is 12.4. The van der Waals surface area contributed by atoms with E-state index in [1.807, 2.05) is 12.5 Å². The predicted molar refractivity (Wildman–Crippen MR) is 88.0 cm³/mol. The van der Waals surface area contributed by atoms with Gasteiger partial charge in [0, 0.05) is 18.9 Å². The molecule has 1 aromatic carbocycles. The minimum Gasteiger partial charge on any atom is -0.337 e. The second kappa shape index (κ2) is 6.23. The molecule has 3 heteroatoms. The fraction of sp³-hybridized carbons (Fsp3) is 0.500. The fourth-order valence-corrected chi connectivity index (χ4v) is 4.27. The molecule has 0 bridgehead atoms. The van der Waals surface area contributed by atoms with E-state index in [4.69, 9.17) is 0 Å². The number of aromatic nitrogens is 2. The van der Waals surface area contributed by atoms with Crippen LogP contribution >= 0.6 is 12.4 Å². The van der Waals surface area contributed by atoms with Crippen molar-refractivity contribution in [1.82, 2.24) is 9.55 Å². The number of aryl methyl sites for hydroxylation is 2. The van der Waals surface area contributed by atoms with Crippen molar-refractivity contribution >= 4 is 12.4 Å². The van der Waals surface area contributed by atoms with E-state index in [0.717, 1.165) is 18.4 Å². The Morgan fingerprint density at radius 1 is 1.24 bits per heavy atom. The summed E-state index contributed by atoms with van der Waals surface area (Å²) in [4.78, 5) is 4.14. The van der Waals surface area contributed by atoms with Crippen LogP contribution in [0.15, 0.2) is 36.9 Å². The summed E-state index contributed by atoms with van der Waals surface area (Å²) in [7, 11) is 0. The molecule has 0 amide bonds. The van der Waals surface area contributed by atoms with Crippen molar-refractivity contribution in [2.75, 3.05) is 0 Å². The maximum Gasteiger partial charge on any atom is 0.0945 e. The van der Waals surface area contributed by atoms with Gasteiger partial charge in [-0.1, -0.05) is 18.2 Å². The zero-order valence-corrected chi connectivity index (χ0v) is 13.2. The van der Waals surface area contributed by atoms with Gasteiger partial charge in [-0.2, -0.15) is 0 Å². The maximum atomic E-state index is 4.14. The first kappa shape index (κ1) is 14.6. The molecule has 0 fully saturated rings. The van der Waals surface area contributed by atoms with Crippen LogP contribution in [0.3, 0.4) is 0 Å². The van der Waals surface area contributed by atoms with Gasteiger partial charge in [0.05, 0.1) is 6.33 Å².